The van der Waals surface area contributed by atoms with Crippen molar-refractivity contribution in [3.05, 3.63) is 30.1 Å². The van der Waals surface area contributed by atoms with Crippen LogP contribution in [-0.4, -0.2) is 29.2 Å². The van der Waals surface area contributed by atoms with Gasteiger partial charge >= 0.3 is 23.1 Å². The molecule has 2 rings (SSSR count). The molecule has 1 saturated carbocycles. The smallest absolute Gasteiger partial charge is 1.00 e. The van der Waals surface area contributed by atoms with Crippen molar-refractivity contribution in [1.82, 2.24) is 0 Å². The summed E-state index contributed by atoms with van der Waals surface area (Å²) in [6, 6.07) is 7.11. The number of halogens is 2. The maximum absolute atomic E-state index is 12.5. The predicted molar refractivity (Wildman–Crippen MR) is 53.9 cm³/mol. The summed E-state index contributed by atoms with van der Waals surface area (Å²) >= 11 is 0. The summed E-state index contributed by atoms with van der Waals surface area (Å²) in [5, 5.41) is 0. The van der Waals surface area contributed by atoms with Crippen molar-refractivity contribution in [2.45, 2.75) is 31.8 Å². The van der Waals surface area contributed by atoms with Crippen LogP contribution < -0.4 is 21.7 Å². The number of hydrogen-bond donors (Lipinski definition) is 0. The molecule has 0 atom stereocenters. The molecule has 0 saturated heterocycles. The second-order valence-corrected chi connectivity index (χ2v) is 3.40. The van der Waals surface area contributed by atoms with Gasteiger partial charge in [-0.05, 0) is 25.7 Å². The molecule has 0 amide bonds. The summed E-state index contributed by atoms with van der Waals surface area (Å²) in [4.78, 5) is 0. The molecular formula is C11H12BrFMgO. The molecule has 1 fully saturated rings. The molecule has 0 bridgehead atoms. The van der Waals surface area contributed by atoms with E-state index in [0.29, 0.717) is 11.9 Å². The molecule has 0 aromatic heterocycles. The molecule has 0 heterocycles. The van der Waals surface area contributed by atoms with Gasteiger partial charge < -0.3 is 21.7 Å². The fraction of sp³-hybridized carbons (Fsp3) is 0.455. The van der Waals surface area contributed by atoms with Crippen LogP contribution in [0.15, 0.2) is 18.2 Å². The van der Waals surface area contributed by atoms with Crippen molar-refractivity contribution >= 4 is 23.1 Å². The van der Waals surface area contributed by atoms with E-state index in [1.54, 1.807) is 6.07 Å². The third-order valence-corrected chi connectivity index (χ3v) is 2.34. The van der Waals surface area contributed by atoms with Crippen LogP contribution >= 0.6 is 0 Å². The average Bonchev–Trinajstić information content (AvgIpc) is 2.62. The van der Waals surface area contributed by atoms with E-state index < -0.39 is 0 Å². The van der Waals surface area contributed by atoms with Crippen LogP contribution in [0.1, 0.15) is 25.7 Å². The zero-order valence-corrected chi connectivity index (χ0v) is 11.5. The third-order valence-electron chi connectivity index (χ3n) is 2.34. The van der Waals surface area contributed by atoms with E-state index in [-0.39, 0.29) is 45.9 Å². The van der Waals surface area contributed by atoms with Crippen molar-refractivity contribution < 1.29 is 26.1 Å². The molecule has 0 radical (unpaired) electrons. The number of ether oxygens (including phenoxy) is 1. The minimum absolute atomic E-state index is 0. The maximum atomic E-state index is 12.5. The van der Waals surface area contributed by atoms with Gasteiger partial charge in [0.25, 0.3) is 0 Å². The Morgan fingerprint density at radius 3 is 2.47 bits per heavy atom. The van der Waals surface area contributed by atoms with Crippen molar-refractivity contribution in [1.29, 1.82) is 0 Å². The van der Waals surface area contributed by atoms with Gasteiger partial charge in [-0.3, -0.25) is 4.39 Å². The minimum atomic E-state index is -0.265. The van der Waals surface area contributed by atoms with E-state index in [2.05, 4.69) is 6.07 Å². The number of rotatable bonds is 2. The van der Waals surface area contributed by atoms with E-state index in [1.807, 2.05) is 0 Å². The first-order chi connectivity index (χ1) is 6.34. The van der Waals surface area contributed by atoms with Crippen molar-refractivity contribution in [2.24, 2.45) is 0 Å². The van der Waals surface area contributed by atoms with Crippen molar-refractivity contribution in [2.75, 3.05) is 0 Å². The normalized spacial score (nSPS) is 15.3. The van der Waals surface area contributed by atoms with Gasteiger partial charge in [0.15, 0.2) is 0 Å². The van der Waals surface area contributed by atoms with Gasteiger partial charge in [0.2, 0.25) is 0 Å². The molecule has 1 nitrogen and oxygen atoms in total. The first kappa shape index (κ1) is 15.2. The Morgan fingerprint density at radius 2 is 1.93 bits per heavy atom. The van der Waals surface area contributed by atoms with E-state index >= 15 is 0 Å². The van der Waals surface area contributed by atoms with Crippen LogP contribution in [0.3, 0.4) is 0 Å². The Balaban J connectivity index is 0.000000980. The molecule has 4 heteroatoms. The number of benzene rings is 1. The van der Waals surface area contributed by atoms with E-state index in [4.69, 9.17) is 4.74 Å². The second kappa shape index (κ2) is 7.47. The van der Waals surface area contributed by atoms with Crippen molar-refractivity contribution in [3.8, 4) is 5.75 Å². The van der Waals surface area contributed by atoms with E-state index in [9.17, 15) is 4.39 Å². The first-order valence-electron chi connectivity index (χ1n) is 4.68. The zero-order valence-electron chi connectivity index (χ0n) is 8.51. The Morgan fingerprint density at radius 1 is 1.27 bits per heavy atom. The average molecular weight is 283 g/mol. The molecule has 0 unspecified atom stereocenters. The summed E-state index contributed by atoms with van der Waals surface area (Å²) < 4.78 is 18.1. The quantitative estimate of drug-likeness (QED) is 0.529. The first-order valence-corrected chi connectivity index (χ1v) is 4.68. The Kier molecular flexibility index (Phi) is 7.56. The standard InChI is InChI=1S/C11H12FO.BrH.Mg/c12-9-5-7-11(8-6-9)13-10-3-1-2-4-10;;/h5-7,10H,1-4H2;1H;/q-1;;+2/p-1. The maximum Gasteiger partial charge on any atom is 2.00 e. The van der Waals surface area contributed by atoms with Gasteiger partial charge in [-0.25, -0.2) is 0 Å². The van der Waals surface area contributed by atoms with Gasteiger partial charge in [-0.1, -0.05) is 0 Å². The largest absolute Gasteiger partial charge is 2.00 e. The van der Waals surface area contributed by atoms with Crippen LogP contribution in [0, 0.1) is 11.9 Å². The molecule has 1 aliphatic rings. The third kappa shape index (κ3) is 4.70. The summed E-state index contributed by atoms with van der Waals surface area (Å²) in [6.07, 6.45) is 5.04. The van der Waals surface area contributed by atoms with E-state index in [1.165, 1.54) is 25.0 Å². The van der Waals surface area contributed by atoms with Crippen LogP contribution in [0.25, 0.3) is 0 Å². The number of hydrogen-bond acceptors (Lipinski definition) is 1. The molecule has 0 spiro atoms. The fourth-order valence-electron chi connectivity index (χ4n) is 1.65. The zero-order chi connectivity index (χ0) is 9.10. The topological polar surface area (TPSA) is 9.23 Å². The van der Waals surface area contributed by atoms with Gasteiger partial charge in [-0.15, -0.1) is 24.3 Å². The molecule has 78 valence electrons. The van der Waals surface area contributed by atoms with Crippen LogP contribution in [0.5, 0.6) is 5.75 Å². The van der Waals surface area contributed by atoms with Crippen LogP contribution in [-0.2, 0) is 0 Å². The molecule has 15 heavy (non-hydrogen) atoms. The van der Waals surface area contributed by atoms with Crippen LogP contribution in [0.4, 0.5) is 4.39 Å². The summed E-state index contributed by atoms with van der Waals surface area (Å²) in [5.41, 5.74) is 0. The fourth-order valence-corrected chi connectivity index (χ4v) is 1.65. The van der Waals surface area contributed by atoms with Gasteiger partial charge in [0.05, 0.1) is 6.10 Å². The monoisotopic (exact) mass is 282 g/mol. The Bertz CT molecular complexity index is 272. The molecule has 1 aromatic rings. The second-order valence-electron chi connectivity index (χ2n) is 3.40. The molecule has 1 aromatic carbocycles. The minimum Gasteiger partial charge on any atom is -1.00 e. The van der Waals surface area contributed by atoms with E-state index in [0.717, 1.165) is 12.8 Å². The van der Waals surface area contributed by atoms with Crippen molar-refractivity contribution in [3.63, 3.8) is 0 Å². The summed E-state index contributed by atoms with van der Waals surface area (Å²) in [7, 11) is 0. The molecule has 0 N–H and O–H groups in total. The molecular weight excluding hydrogens is 271 g/mol. The molecule has 1 aliphatic carbocycles. The van der Waals surface area contributed by atoms with Gasteiger partial charge in [-0.2, -0.15) is 0 Å². The SMILES string of the molecule is Fc1c[c-]c(OC2CCCC2)cc1.[Br-].[Mg+2]. The Labute approximate surface area is 116 Å². The van der Waals surface area contributed by atoms with Crippen LogP contribution in [0.2, 0.25) is 0 Å². The molecule has 0 aliphatic heterocycles. The summed E-state index contributed by atoms with van der Waals surface area (Å²) in [6.45, 7) is 0. The van der Waals surface area contributed by atoms with Gasteiger partial charge in [0, 0.05) is 11.6 Å². The Hall–Kier alpha value is 0.196. The predicted octanol–water partition coefficient (Wildman–Crippen LogP) is -0.430. The van der Waals surface area contributed by atoms with Gasteiger partial charge in [0.1, 0.15) is 0 Å². The summed E-state index contributed by atoms with van der Waals surface area (Å²) in [5.74, 6) is 0.395.